The van der Waals surface area contributed by atoms with Crippen molar-refractivity contribution in [3.63, 3.8) is 0 Å². The molecule has 0 spiro atoms. The number of benzene rings is 4. The van der Waals surface area contributed by atoms with Gasteiger partial charge in [-0.1, -0.05) is 69.3 Å². The van der Waals surface area contributed by atoms with Gasteiger partial charge in [-0.2, -0.15) is 5.10 Å². The molecule has 0 amide bonds. The first-order valence-corrected chi connectivity index (χ1v) is 15.2. The molecule has 0 saturated carbocycles. The Labute approximate surface area is 259 Å². The van der Waals surface area contributed by atoms with Crippen molar-refractivity contribution in [1.29, 1.82) is 0 Å². The molecule has 0 aliphatic carbocycles. The van der Waals surface area contributed by atoms with Crippen molar-refractivity contribution < 1.29 is 6.11 Å². The van der Waals surface area contributed by atoms with Gasteiger partial charge < -0.3 is 4.74 Å². The summed E-state index contributed by atoms with van der Waals surface area (Å²) in [7, 11) is 0. The molecule has 4 aromatic carbocycles. The molecule has 3 heterocycles. The van der Waals surface area contributed by atoms with Gasteiger partial charge >= 0.3 is 0 Å². The highest BCUT2D eigenvalue weighted by molar-refractivity contribution is 6.09. The fourth-order valence-electron chi connectivity index (χ4n) is 6.17. The molecule has 44 heavy (non-hydrogen) atoms. The van der Waals surface area contributed by atoms with Gasteiger partial charge in [0.25, 0.3) is 0 Å². The molecule has 0 fully saturated rings. The smallest absolute Gasteiger partial charge is 0.137 e. The average molecular weight is 578 g/mol. The maximum absolute atomic E-state index is 8.27. The molecule has 7 rings (SSSR count). The van der Waals surface area contributed by atoms with Crippen molar-refractivity contribution >= 4 is 21.8 Å². The van der Waals surface area contributed by atoms with E-state index in [1.807, 2.05) is 35.0 Å². The van der Waals surface area contributed by atoms with E-state index in [0.717, 1.165) is 56.1 Å². The zero-order chi connectivity index (χ0) is 31.2. The minimum absolute atomic E-state index is 0.420. The summed E-state index contributed by atoms with van der Waals surface area (Å²) >= 11 is 0. The second kappa shape index (κ2) is 11.2. The van der Waals surface area contributed by atoms with Crippen LogP contribution in [0.3, 0.4) is 0 Å². The first kappa shape index (κ1) is 26.5. The highest BCUT2D eigenvalue weighted by Crippen LogP contribution is 2.37. The van der Waals surface area contributed by atoms with E-state index in [0.29, 0.717) is 23.7 Å². The molecule has 0 aliphatic heterocycles. The Hall–Kier alpha value is -5.16. The van der Waals surface area contributed by atoms with Gasteiger partial charge in [0.15, 0.2) is 0 Å². The van der Waals surface area contributed by atoms with Gasteiger partial charge in [-0.3, -0.25) is 4.57 Å². The molecular formula is C39H36N4O. The van der Waals surface area contributed by atoms with Crippen LogP contribution in [0.5, 0.6) is 11.5 Å². The van der Waals surface area contributed by atoms with Gasteiger partial charge in [-0.15, -0.1) is 0 Å². The third-order valence-corrected chi connectivity index (χ3v) is 8.76. The number of pyridine rings is 1. The maximum Gasteiger partial charge on any atom is 0.137 e. The summed E-state index contributed by atoms with van der Waals surface area (Å²) in [5.41, 5.74) is 8.67. The summed E-state index contributed by atoms with van der Waals surface area (Å²) in [5.74, 6) is 3.13. The van der Waals surface area contributed by atoms with Crippen molar-refractivity contribution in [2.75, 3.05) is 0 Å². The summed E-state index contributed by atoms with van der Waals surface area (Å²) in [5, 5.41) is 7.18. The predicted molar refractivity (Wildman–Crippen MR) is 180 cm³/mol. The highest BCUT2D eigenvalue weighted by atomic mass is 16.5. The fraction of sp³-hybridized carbons (Fsp3) is 0.179. The van der Waals surface area contributed by atoms with Gasteiger partial charge in [-0.05, 0) is 85.3 Å². The van der Waals surface area contributed by atoms with Crippen LogP contribution in [0.2, 0.25) is 0 Å². The Balaban J connectivity index is 1.30. The van der Waals surface area contributed by atoms with Crippen LogP contribution in [-0.4, -0.2) is 19.3 Å². The fourth-order valence-corrected chi connectivity index (χ4v) is 6.17. The normalized spacial score (nSPS) is 12.6. The Morgan fingerprint density at radius 3 is 2.36 bits per heavy atom. The standard InChI is InChI=1S/C39H36N4O/c1-25(2)26(3)30-17-20-36-35(22-30)34-19-18-33(24-37(34)42(36)38-16-9-10-21-40-38)44-32-15-11-14-31(23-32)43-28(5)39(27(4)41-43)29-12-7-6-8-13-29/h6-26H,1-5H3/i9D. The van der Waals surface area contributed by atoms with Crippen molar-refractivity contribution in [1.82, 2.24) is 19.3 Å². The number of fused-ring (bicyclic) bond motifs is 3. The molecule has 0 saturated heterocycles. The minimum Gasteiger partial charge on any atom is -0.457 e. The lowest BCUT2D eigenvalue weighted by Crippen LogP contribution is -2.02. The van der Waals surface area contributed by atoms with Crippen LogP contribution in [0.1, 0.15) is 45.0 Å². The van der Waals surface area contributed by atoms with E-state index in [2.05, 4.69) is 105 Å². The van der Waals surface area contributed by atoms with Crippen LogP contribution in [0, 0.1) is 19.8 Å². The number of rotatable bonds is 7. The van der Waals surface area contributed by atoms with Gasteiger partial charge in [-0.25, -0.2) is 9.67 Å². The second-order valence-corrected chi connectivity index (χ2v) is 11.9. The molecule has 0 radical (unpaired) electrons. The van der Waals surface area contributed by atoms with E-state index in [1.165, 1.54) is 10.9 Å². The van der Waals surface area contributed by atoms with Crippen LogP contribution >= 0.6 is 0 Å². The Morgan fingerprint density at radius 1 is 0.750 bits per heavy atom. The number of ether oxygens (including phenoxy) is 1. The lowest BCUT2D eigenvalue weighted by Gasteiger charge is -2.16. The third-order valence-electron chi connectivity index (χ3n) is 8.76. The lowest BCUT2D eigenvalue weighted by molar-refractivity contribution is 0.483. The molecule has 0 aliphatic rings. The van der Waals surface area contributed by atoms with Gasteiger partial charge in [0.1, 0.15) is 17.3 Å². The topological polar surface area (TPSA) is 44.9 Å². The zero-order valence-electron chi connectivity index (χ0n) is 26.7. The molecule has 0 bridgehead atoms. The molecule has 3 aromatic heterocycles. The summed E-state index contributed by atoms with van der Waals surface area (Å²) in [6.45, 7) is 11.0. The summed E-state index contributed by atoms with van der Waals surface area (Å²) < 4.78 is 18.9. The van der Waals surface area contributed by atoms with Crippen molar-refractivity contribution in [3.05, 3.63) is 132 Å². The largest absolute Gasteiger partial charge is 0.457 e. The third kappa shape index (κ3) is 4.84. The summed E-state index contributed by atoms with van der Waals surface area (Å²) in [6.07, 6.45) is 1.69. The first-order valence-electron chi connectivity index (χ1n) is 15.7. The SMILES string of the molecule is [2H]c1ccnc(-n2c3ccc(C(C)C(C)C)cc3c3ccc(Oc4cccc(-n5nc(C)c(-c6ccccc6)c5C)c4)cc32)c1. The van der Waals surface area contributed by atoms with E-state index in [1.54, 1.807) is 18.3 Å². The predicted octanol–water partition coefficient (Wildman–Crippen LogP) is 10.2. The molecule has 1 atom stereocenters. The Kier molecular flexibility index (Phi) is 6.71. The zero-order valence-corrected chi connectivity index (χ0v) is 25.7. The first-order chi connectivity index (χ1) is 21.8. The summed E-state index contributed by atoms with van der Waals surface area (Å²) in [6, 6.07) is 35.3. The van der Waals surface area contributed by atoms with Crippen molar-refractivity contribution in [3.8, 4) is 34.1 Å². The number of aromatic nitrogens is 4. The van der Waals surface area contributed by atoms with E-state index >= 15 is 0 Å². The number of hydrogen-bond acceptors (Lipinski definition) is 3. The van der Waals surface area contributed by atoms with Crippen LogP contribution in [0.4, 0.5) is 0 Å². The molecule has 1 unspecified atom stereocenters. The molecular weight excluding hydrogens is 540 g/mol. The maximum atomic E-state index is 8.27. The Morgan fingerprint density at radius 2 is 1.57 bits per heavy atom. The minimum atomic E-state index is 0.420. The van der Waals surface area contributed by atoms with Crippen LogP contribution in [0.15, 0.2) is 115 Å². The van der Waals surface area contributed by atoms with E-state index < -0.39 is 0 Å². The molecule has 5 nitrogen and oxygen atoms in total. The average Bonchev–Trinajstić information content (AvgIpc) is 3.53. The number of hydrogen-bond donors (Lipinski definition) is 0. The van der Waals surface area contributed by atoms with Crippen molar-refractivity contribution in [2.45, 2.75) is 40.5 Å². The molecule has 0 N–H and O–H groups in total. The Bertz CT molecular complexity index is 2180. The van der Waals surface area contributed by atoms with E-state index in [9.17, 15) is 0 Å². The summed E-state index contributed by atoms with van der Waals surface area (Å²) in [4.78, 5) is 4.66. The van der Waals surface area contributed by atoms with Crippen LogP contribution < -0.4 is 4.74 Å². The van der Waals surface area contributed by atoms with Crippen molar-refractivity contribution in [2.24, 2.45) is 5.92 Å². The van der Waals surface area contributed by atoms with E-state index in [4.69, 9.17) is 11.2 Å². The molecule has 218 valence electrons. The number of aryl methyl sites for hydroxylation is 1. The van der Waals surface area contributed by atoms with E-state index in [-0.39, 0.29) is 0 Å². The van der Waals surface area contributed by atoms with Crippen LogP contribution in [-0.2, 0) is 0 Å². The van der Waals surface area contributed by atoms with Gasteiger partial charge in [0.05, 0.1) is 23.8 Å². The second-order valence-electron chi connectivity index (χ2n) is 11.9. The lowest BCUT2D eigenvalue weighted by atomic mass is 9.89. The monoisotopic (exact) mass is 577 g/mol. The van der Waals surface area contributed by atoms with Crippen LogP contribution in [0.25, 0.3) is 44.4 Å². The van der Waals surface area contributed by atoms with Gasteiger partial charge in [0, 0.05) is 40.4 Å². The molecule has 5 heteroatoms. The quantitative estimate of drug-likeness (QED) is 0.189. The van der Waals surface area contributed by atoms with Gasteiger partial charge in [0.2, 0.25) is 0 Å². The molecule has 7 aromatic rings. The highest BCUT2D eigenvalue weighted by Gasteiger charge is 2.18. The number of nitrogens with zero attached hydrogens (tertiary/aromatic N) is 4.